The number of esters is 1. The van der Waals surface area contributed by atoms with Gasteiger partial charge < -0.3 is 4.74 Å². The summed E-state index contributed by atoms with van der Waals surface area (Å²) < 4.78 is 32.1. The first kappa shape index (κ1) is 16.4. The molecule has 1 fully saturated rings. The Labute approximate surface area is 115 Å². The fraction of sp³-hybridized carbons (Fsp3) is 0.917. The number of rotatable bonds is 7. The monoisotopic (exact) mass is 292 g/mol. The van der Waals surface area contributed by atoms with Gasteiger partial charge in [0.1, 0.15) is 0 Å². The smallest absolute Gasteiger partial charge is 0.306 e. The van der Waals surface area contributed by atoms with Gasteiger partial charge in [-0.2, -0.15) is 12.7 Å². The summed E-state index contributed by atoms with van der Waals surface area (Å²) in [5.41, 5.74) is 0. The molecule has 1 aliphatic carbocycles. The normalized spacial score (nSPS) is 23.8. The lowest BCUT2D eigenvalue weighted by atomic mass is 10.1. The number of nitrogens with zero attached hydrogens (tertiary/aromatic N) is 1. The van der Waals surface area contributed by atoms with Crippen molar-refractivity contribution in [3.63, 3.8) is 0 Å². The van der Waals surface area contributed by atoms with Crippen LogP contribution in [0.4, 0.5) is 0 Å². The minimum atomic E-state index is -3.49. The molecular formula is C12H24N2O4S. The molecule has 0 bridgehead atoms. The van der Waals surface area contributed by atoms with Crippen LogP contribution in [0.1, 0.15) is 32.6 Å². The number of carbonyl (C=O) groups excluding carboxylic acids is 1. The van der Waals surface area contributed by atoms with Gasteiger partial charge in [-0.1, -0.05) is 13.3 Å². The summed E-state index contributed by atoms with van der Waals surface area (Å²) in [6.07, 6.45) is 3.39. The number of methoxy groups -OCH3 is 1. The molecule has 0 aromatic carbocycles. The summed E-state index contributed by atoms with van der Waals surface area (Å²) in [5.74, 6) is 0.706. The minimum Gasteiger partial charge on any atom is -0.469 e. The Morgan fingerprint density at radius 2 is 2.11 bits per heavy atom. The third-order valence-corrected chi connectivity index (χ3v) is 5.16. The highest BCUT2D eigenvalue weighted by atomic mass is 32.2. The van der Waals surface area contributed by atoms with Gasteiger partial charge in [-0.15, -0.1) is 0 Å². The molecular weight excluding hydrogens is 268 g/mol. The molecule has 112 valence electrons. The zero-order chi connectivity index (χ0) is 14.5. The van der Waals surface area contributed by atoms with Crippen LogP contribution in [-0.2, 0) is 19.7 Å². The van der Waals surface area contributed by atoms with Gasteiger partial charge in [0, 0.05) is 20.1 Å². The van der Waals surface area contributed by atoms with E-state index in [1.165, 1.54) is 20.6 Å². The molecule has 2 atom stereocenters. The zero-order valence-electron chi connectivity index (χ0n) is 11.9. The van der Waals surface area contributed by atoms with Crippen molar-refractivity contribution >= 4 is 16.2 Å². The van der Waals surface area contributed by atoms with E-state index in [1.807, 2.05) is 0 Å². The van der Waals surface area contributed by atoms with E-state index in [1.54, 1.807) is 0 Å². The highest BCUT2D eigenvalue weighted by Gasteiger charge is 2.24. The van der Waals surface area contributed by atoms with Gasteiger partial charge in [-0.25, -0.2) is 4.72 Å². The molecule has 1 aliphatic rings. The van der Waals surface area contributed by atoms with Gasteiger partial charge in [0.25, 0.3) is 10.2 Å². The summed E-state index contributed by atoms with van der Waals surface area (Å²) in [5, 5.41) is 0. The molecule has 0 amide bonds. The van der Waals surface area contributed by atoms with E-state index in [-0.39, 0.29) is 13.0 Å². The Bertz CT molecular complexity index is 397. The Morgan fingerprint density at radius 3 is 2.63 bits per heavy atom. The van der Waals surface area contributed by atoms with Crippen molar-refractivity contribution in [3.05, 3.63) is 0 Å². The highest BCUT2D eigenvalue weighted by Crippen LogP contribution is 2.29. The standard InChI is InChI=1S/C12H24N2O4S/c1-10-4-5-11(8-10)9-13-19(16,17)14(2)7-6-12(15)18-3/h10-11,13H,4-9H2,1-3H3. The van der Waals surface area contributed by atoms with Crippen LogP contribution in [0.5, 0.6) is 0 Å². The van der Waals surface area contributed by atoms with E-state index < -0.39 is 16.2 Å². The molecule has 1 N–H and O–H groups in total. The van der Waals surface area contributed by atoms with Crippen molar-refractivity contribution < 1.29 is 17.9 Å². The SMILES string of the molecule is COC(=O)CCN(C)S(=O)(=O)NCC1CCC(C)C1. The van der Waals surface area contributed by atoms with Crippen molar-refractivity contribution in [2.75, 3.05) is 27.2 Å². The second-order valence-electron chi connectivity index (χ2n) is 5.29. The second kappa shape index (κ2) is 7.21. The molecule has 0 radical (unpaired) electrons. The quantitative estimate of drug-likeness (QED) is 0.703. The molecule has 0 heterocycles. The molecule has 2 unspecified atom stereocenters. The van der Waals surface area contributed by atoms with E-state index in [9.17, 15) is 13.2 Å². The Kier molecular flexibility index (Phi) is 6.22. The van der Waals surface area contributed by atoms with Crippen LogP contribution in [0.2, 0.25) is 0 Å². The lowest BCUT2D eigenvalue weighted by molar-refractivity contribution is -0.140. The molecule has 0 aromatic rings. The average Bonchev–Trinajstić information content (AvgIpc) is 2.79. The van der Waals surface area contributed by atoms with E-state index in [0.717, 1.165) is 17.1 Å². The third kappa shape index (κ3) is 5.46. The molecule has 0 aliphatic heterocycles. The van der Waals surface area contributed by atoms with Crippen molar-refractivity contribution in [3.8, 4) is 0 Å². The lowest BCUT2D eigenvalue weighted by Gasteiger charge is -2.18. The molecule has 6 nitrogen and oxygen atoms in total. The summed E-state index contributed by atoms with van der Waals surface area (Å²) in [6.45, 7) is 2.80. The van der Waals surface area contributed by atoms with Crippen LogP contribution < -0.4 is 4.72 Å². The minimum absolute atomic E-state index is 0.0639. The lowest BCUT2D eigenvalue weighted by Crippen LogP contribution is -2.41. The Morgan fingerprint density at radius 1 is 1.42 bits per heavy atom. The second-order valence-corrected chi connectivity index (χ2v) is 7.15. The maximum Gasteiger partial charge on any atom is 0.306 e. The van der Waals surface area contributed by atoms with Gasteiger partial charge in [-0.3, -0.25) is 4.79 Å². The fourth-order valence-electron chi connectivity index (χ4n) is 2.31. The topological polar surface area (TPSA) is 75.7 Å². The summed E-state index contributed by atoms with van der Waals surface area (Å²) in [4.78, 5) is 11.0. The van der Waals surface area contributed by atoms with Crippen LogP contribution >= 0.6 is 0 Å². The number of hydrogen-bond acceptors (Lipinski definition) is 4. The predicted octanol–water partition coefficient (Wildman–Crippen LogP) is 0.752. The first-order valence-electron chi connectivity index (χ1n) is 6.63. The van der Waals surface area contributed by atoms with Crippen LogP contribution in [0.15, 0.2) is 0 Å². The summed E-state index contributed by atoms with van der Waals surface area (Å²) in [6, 6.07) is 0. The first-order valence-corrected chi connectivity index (χ1v) is 8.07. The summed E-state index contributed by atoms with van der Waals surface area (Å²) >= 11 is 0. The van der Waals surface area contributed by atoms with Gasteiger partial charge in [0.05, 0.1) is 13.5 Å². The number of nitrogens with one attached hydrogen (secondary N) is 1. The van der Waals surface area contributed by atoms with Gasteiger partial charge in [0.15, 0.2) is 0 Å². The summed E-state index contributed by atoms with van der Waals surface area (Å²) in [7, 11) is -0.745. The van der Waals surface area contributed by atoms with Gasteiger partial charge in [-0.05, 0) is 24.7 Å². The van der Waals surface area contributed by atoms with E-state index in [4.69, 9.17) is 0 Å². The molecule has 1 saturated carbocycles. The molecule has 0 aromatic heterocycles. The van der Waals surface area contributed by atoms with Crippen molar-refractivity contribution in [2.24, 2.45) is 11.8 Å². The van der Waals surface area contributed by atoms with E-state index in [2.05, 4.69) is 16.4 Å². The largest absolute Gasteiger partial charge is 0.469 e. The Hall–Kier alpha value is -0.660. The van der Waals surface area contributed by atoms with Crippen molar-refractivity contribution in [1.82, 2.24) is 9.03 Å². The van der Waals surface area contributed by atoms with Crippen LogP contribution in [-0.4, -0.2) is 45.9 Å². The van der Waals surface area contributed by atoms with Crippen LogP contribution in [0, 0.1) is 11.8 Å². The fourth-order valence-corrected chi connectivity index (χ4v) is 3.31. The van der Waals surface area contributed by atoms with Gasteiger partial charge >= 0.3 is 5.97 Å². The van der Waals surface area contributed by atoms with Crippen LogP contribution in [0.25, 0.3) is 0 Å². The molecule has 1 rings (SSSR count). The Balaban J connectivity index is 2.35. The van der Waals surface area contributed by atoms with Crippen molar-refractivity contribution in [1.29, 1.82) is 0 Å². The average molecular weight is 292 g/mol. The van der Waals surface area contributed by atoms with Crippen molar-refractivity contribution in [2.45, 2.75) is 32.6 Å². The third-order valence-electron chi connectivity index (χ3n) is 3.63. The predicted molar refractivity (Wildman–Crippen MR) is 72.7 cm³/mol. The highest BCUT2D eigenvalue weighted by molar-refractivity contribution is 7.87. The number of carbonyl (C=O) groups is 1. The molecule has 0 saturated heterocycles. The van der Waals surface area contributed by atoms with E-state index in [0.29, 0.717) is 18.4 Å². The van der Waals surface area contributed by atoms with Gasteiger partial charge in [0.2, 0.25) is 0 Å². The first-order chi connectivity index (χ1) is 8.85. The number of ether oxygens (including phenoxy) is 1. The zero-order valence-corrected chi connectivity index (χ0v) is 12.7. The molecule has 19 heavy (non-hydrogen) atoms. The maximum absolute atomic E-state index is 11.9. The number of hydrogen-bond donors (Lipinski definition) is 1. The van der Waals surface area contributed by atoms with Crippen LogP contribution in [0.3, 0.4) is 0 Å². The maximum atomic E-state index is 11.9. The molecule has 0 spiro atoms. The van der Waals surface area contributed by atoms with E-state index >= 15 is 0 Å². The molecule has 7 heteroatoms.